The van der Waals surface area contributed by atoms with E-state index in [0.717, 1.165) is 23.5 Å². The third kappa shape index (κ3) is 3.33. The summed E-state index contributed by atoms with van der Waals surface area (Å²) in [4.78, 5) is 12.3. The predicted octanol–water partition coefficient (Wildman–Crippen LogP) is 2.71. The highest BCUT2D eigenvalue weighted by molar-refractivity contribution is 6.04. The van der Waals surface area contributed by atoms with E-state index in [-0.39, 0.29) is 12.5 Å². The average Bonchev–Trinajstić information content (AvgIpc) is 3.10. The number of aliphatic hydroxyl groups is 1. The van der Waals surface area contributed by atoms with Gasteiger partial charge in [-0.25, -0.2) is 0 Å². The zero-order chi connectivity index (χ0) is 16.9. The molecule has 1 aromatic heterocycles. The number of nitrogens with one attached hydrogen (secondary N) is 1. The van der Waals surface area contributed by atoms with Gasteiger partial charge in [-0.2, -0.15) is 0 Å². The van der Waals surface area contributed by atoms with Crippen molar-refractivity contribution in [1.29, 1.82) is 0 Å². The van der Waals surface area contributed by atoms with Crippen molar-refractivity contribution in [3.05, 3.63) is 66.0 Å². The highest BCUT2D eigenvalue weighted by atomic mass is 16.3. The Kier molecular flexibility index (Phi) is 4.67. The fourth-order valence-electron chi connectivity index (χ4n) is 2.43. The van der Waals surface area contributed by atoms with Crippen LogP contribution >= 0.6 is 0 Å². The number of nitrogens with zero attached hydrogens (tertiary/aromatic N) is 3. The standard InChI is InChI=1S/C18H18N4O2/c1-2-22-12-19-21-17(22)14-6-8-15(9-7-14)18(24)20-16-5-3-4-13(10-16)11-23/h3-10,12,23H,2,11H2,1H3,(H,20,24). The molecule has 24 heavy (non-hydrogen) atoms. The molecule has 0 bridgehead atoms. The molecule has 0 unspecified atom stereocenters. The molecular formula is C18H18N4O2. The summed E-state index contributed by atoms with van der Waals surface area (Å²) in [6.45, 7) is 2.75. The quantitative estimate of drug-likeness (QED) is 0.757. The number of aryl methyl sites for hydroxylation is 1. The highest BCUT2D eigenvalue weighted by Gasteiger charge is 2.09. The zero-order valence-corrected chi connectivity index (χ0v) is 13.3. The van der Waals surface area contributed by atoms with Gasteiger partial charge < -0.3 is 15.0 Å². The molecular weight excluding hydrogens is 304 g/mol. The van der Waals surface area contributed by atoms with E-state index >= 15 is 0 Å². The van der Waals surface area contributed by atoms with Crippen molar-refractivity contribution in [2.75, 3.05) is 5.32 Å². The number of hydrogen-bond acceptors (Lipinski definition) is 4. The molecule has 0 aliphatic carbocycles. The third-order valence-corrected chi connectivity index (χ3v) is 3.73. The van der Waals surface area contributed by atoms with Crippen LogP contribution in [0, 0.1) is 0 Å². The van der Waals surface area contributed by atoms with Crippen LogP contribution in [0.5, 0.6) is 0 Å². The topological polar surface area (TPSA) is 80.0 Å². The van der Waals surface area contributed by atoms with E-state index in [4.69, 9.17) is 5.11 Å². The lowest BCUT2D eigenvalue weighted by Crippen LogP contribution is -2.12. The Balaban J connectivity index is 1.76. The predicted molar refractivity (Wildman–Crippen MR) is 91.5 cm³/mol. The first-order valence-electron chi connectivity index (χ1n) is 7.70. The molecule has 3 aromatic rings. The minimum Gasteiger partial charge on any atom is -0.392 e. The second-order valence-corrected chi connectivity index (χ2v) is 5.33. The van der Waals surface area contributed by atoms with Gasteiger partial charge in [0.15, 0.2) is 5.82 Å². The molecule has 3 rings (SSSR count). The molecule has 0 aliphatic rings. The molecule has 0 saturated carbocycles. The Labute approximate surface area is 139 Å². The van der Waals surface area contributed by atoms with Gasteiger partial charge in [-0.05, 0) is 36.8 Å². The summed E-state index contributed by atoms with van der Waals surface area (Å²) in [6, 6.07) is 14.4. The number of aliphatic hydroxyl groups excluding tert-OH is 1. The number of aromatic nitrogens is 3. The van der Waals surface area contributed by atoms with E-state index < -0.39 is 0 Å². The van der Waals surface area contributed by atoms with Crippen LogP contribution in [0.4, 0.5) is 5.69 Å². The first-order chi connectivity index (χ1) is 11.7. The van der Waals surface area contributed by atoms with Crippen molar-refractivity contribution >= 4 is 11.6 Å². The molecule has 6 nitrogen and oxygen atoms in total. The maximum atomic E-state index is 12.3. The van der Waals surface area contributed by atoms with Crippen LogP contribution < -0.4 is 5.32 Å². The fourth-order valence-corrected chi connectivity index (χ4v) is 2.43. The van der Waals surface area contributed by atoms with E-state index in [2.05, 4.69) is 15.5 Å². The molecule has 0 aliphatic heterocycles. The Bertz CT molecular complexity index is 840. The van der Waals surface area contributed by atoms with Gasteiger partial charge in [-0.1, -0.05) is 24.3 Å². The van der Waals surface area contributed by atoms with Crippen molar-refractivity contribution in [2.24, 2.45) is 0 Å². The smallest absolute Gasteiger partial charge is 0.255 e. The van der Waals surface area contributed by atoms with E-state index in [0.29, 0.717) is 11.3 Å². The van der Waals surface area contributed by atoms with Gasteiger partial charge in [0, 0.05) is 23.4 Å². The van der Waals surface area contributed by atoms with E-state index in [1.54, 1.807) is 42.7 Å². The Morgan fingerprint density at radius 1 is 1.21 bits per heavy atom. The van der Waals surface area contributed by atoms with Crippen LogP contribution in [-0.4, -0.2) is 25.8 Å². The van der Waals surface area contributed by atoms with Crippen molar-refractivity contribution in [3.63, 3.8) is 0 Å². The molecule has 0 spiro atoms. The van der Waals surface area contributed by atoms with Gasteiger partial charge in [0.25, 0.3) is 5.91 Å². The minimum atomic E-state index is -0.200. The molecule has 0 fully saturated rings. The summed E-state index contributed by atoms with van der Waals surface area (Å²) in [5.74, 6) is 0.578. The van der Waals surface area contributed by atoms with E-state index in [9.17, 15) is 4.79 Å². The maximum Gasteiger partial charge on any atom is 0.255 e. The number of benzene rings is 2. The molecule has 1 heterocycles. The summed E-state index contributed by atoms with van der Waals surface area (Å²) < 4.78 is 1.94. The first kappa shape index (κ1) is 15.9. The second kappa shape index (κ2) is 7.06. The van der Waals surface area contributed by atoms with Crippen LogP contribution in [0.2, 0.25) is 0 Å². The largest absolute Gasteiger partial charge is 0.392 e. The van der Waals surface area contributed by atoms with Crippen molar-refractivity contribution in [3.8, 4) is 11.4 Å². The number of amides is 1. The molecule has 122 valence electrons. The van der Waals surface area contributed by atoms with Crippen LogP contribution in [0.1, 0.15) is 22.8 Å². The summed E-state index contributed by atoms with van der Waals surface area (Å²) >= 11 is 0. The lowest BCUT2D eigenvalue weighted by Gasteiger charge is -2.08. The molecule has 0 atom stereocenters. The lowest BCUT2D eigenvalue weighted by molar-refractivity contribution is 0.102. The van der Waals surface area contributed by atoms with Gasteiger partial charge in [0.1, 0.15) is 6.33 Å². The van der Waals surface area contributed by atoms with E-state index in [1.165, 1.54) is 0 Å². The molecule has 0 radical (unpaired) electrons. The molecule has 1 amide bonds. The monoisotopic (exact) mass is 322 g/mol. The minimum absolute atomic E-state index is 0.0590. The Morgan fingerprint density at radius 3 is 2.71 bits per heavy atom. The van der Waals surface area contributed by atoms with Gasteiger partial charge in [0.2, 0.25) is 0 Å². The third-order valence-electron chi connectivity index (χ3n) is 3.73. The fraction of sp³-hybridized carbons (Fsp3) is 0.167. The van der Waals surface area contributed by atoms with Gasteiger partial charge in [-0.15, -0.1) is 10.2 Å². The van der Waals surface area contributed by atoms with Crippen LogP contribution in [0.3, 0.4) is 0 Å². The van der Waals surface area contributed by atoms with Gasteiger partial charge >= 0.3 is 0 Å². The second-order valence-electron chi connectivity index (χ2n) is 5.33. The maximum absolute atomic E-state index is 12.3. The zero-order valence-electron chi connectivity index (χ0n) is 13.3. The molecule has 2 N–H and O–H groups in total. The van der Waals surface area contributed by atoms with Gasteiger partial charge in [-0.3, -0.25) is 4.79 Å². The van der Waals surface area contributed by atoms with E-state index in [1.807, 2.05) is 23.6 Å². The Morgan fingerprint density at radius 2 is 2.00 bits per heavy atom. The normalized spacial score (nSPS) is 10.6. The van der Waals surface area contributed by atoms with Crippen molar-refractivity contribution in [2.45, 2.75) is 20.1 Å². The average molecular weight is 322 g/mol. The summed E-state index contributed by atoms with van der Waals surface area (Å²) in [5.41, 5.74) is 2.87. The van der Waals surface area contributed by atoms with Crippen molar-refractivity contribution < 1.29 is 9.90 Å². The number of rotatable bonds is 5. The first-order valence-corrected chi connectivity index (χ1v) is 7.70. The number of anilines is 1. The lowest BCUT2D eigenvalue weighted by atomic mass is 10.1. The summed E-state index contributed by atoms with van der Waals surface area (Å²) in [5, 5.41) is 20.0. The highest BCUT2D eigenvalue weighted by Crippen LogP contribution is 2.18. The number of carbonyl (C=O) groups excluding carboxylic acids is 1. The van der Waals surface area contributed by atoms with Crippen LogP contribution in [0.15, 0.2) is 54.9 Å². The molecule has 6 heteroatoms. The van der Waals surface area contributed by atoms with Crippen LogP contribution in [0.25, 0.3) is 11.4 Å². The number of hydrogen-bond donors (Lipinski definition) is 2. The Hall–Kier alpha value is -2.99. The summed E-state index contributed by atoms with van der Waals surface area (Å²) in [6.07, 6.45) is 1.68. The number of carbonyl (C=O) groups is 1. The van der Waals surface area contributed by atoms with Crippen molar-refractivity contribution in [1.82, 2.24) is 14.8 Å². The summed E-state index contributed by atoms with van der Waals surface area (Å²) in [7, 11) is 0. The molecule has 0 saturated heterocycles. The van der Waals surface area contributed by atoms with Crippen LogP contribution in [-0.2, 0) is 13.2 Å². The molecule has 2 aromatic carbocycles. The SMILES string of the molecule is CCn1cnnc1-c1ccc(C(=O)Nc2cccc(CO)c2)cc1. The van der Waals surface area contributed by atoms with Gasteiger partial charge in [0.05, 0.1) is 6.61 Å².